The van der Waals surface area contributed by atoms with Crippen LogP contribution in [0.2, 0.25) is 0 Å². The zero-order chi connectivity index (χ0) is 28.3. The zero-order valence-corrected chi connectivity index (χ0v) is 21.1. The largest absolute Gasteiger partial charge is 0.497 e. The van der Waals surface area contributed by atoms with Gasteiger partial charge in [0, 0.05) is 13.2 Å². The lowest BCUT2D eigenvalue weighted by Gasteiger charge is -2.24. The van der Waals surface area contributed by atoms with E-state index in [2.05, 4.69) is 14.2 Å². The SMILES string of the molecule is COc1ccc(OCC(O)COCC(F)(F)OC(F)(F)COCOCCOCC(O)COCCCO)cc1. The maximum Gasteiger partial charge on any atom is 0.383 e. The highest BCUT2D eigenvalue weighted by atomic mass is 19.3. The van der Waals surface area contributed by atoms with Crippen molar-refractivity contribution in [2.24, 2.45) is 0 Å². The second kappa shape index (κ2) is 19.3. The molecule has 1 aromatic rings. The van der Waals surface area contributed by atoms with E-state index in [-0.39, 0.29) is 39.6 Å². The Morgan fingerprint density at radius 2 is 1.24 bits per heavy atom. The molecule has 0 amide bonds. The number of aliphatic hydroxyl groups excluding tert-OH is 3. The van der Waals surface area contributed by atoms with E-state index in [1.807, 2.05) is 0 Å². The zero-order valence-electron chi connectivity index (χ0n) is 21.1. The molecule has 0 aromatic heterocycles. The first-order valence-electron chi connectivity index (χ1n) is 11.7. The van der Waals surface area contributed by atoms with Gasteiger partial charge in [0.05, 0.1) is 40.1 Å². The quantitative estimate of drug-likeness (QED) is 0.0956. The van der Waals surface area contributed by atoms with Crippen molar-refractivity contribution in [2.45, 2.75) is 30.8 Å². The number of hydrogen-bond donors (Lipinski definition) is 3. The summed E-state index contributed by atoms with van der Waals surface area (Å²) in [5, 5.41) is 27.9. The molecule has 0 saturated heterocycles. The van der Waals surface area contributed by atoms with Crippen molar-refractivity contribution in [1.82, 2.24) is 0 Å². The van der Waals surface area contributed by atoms with Crippen molar-refractivity contribution >= 4 is 0 Å². The number of benzene rings is 1. The predicted molar refractivity (Wildman–Crippen MR) is 122 cm³/mol. The summed E-state index contributed by atoms with van der Waals surface area (Å²) in [5.74, 6) is 0.985. The molecule has 0 heterocycles. The summed E-state index contributed by atoms with van der Waals surface area (Å²) in [6.07, 6.45) is -10.4. The molecular weight excluding hydrogens is 528 g/mol. The smallest absolute Gasteiger partial charge is 0.383 e. The third-order valence-electron chi connectivity index (χ3n) is 4.26. The molecule has 0 aliphatic heterocycles. The van der Waals surface area contributed by atoms with Crippen LogP contribution >= 0.6 is 0 Å². The summed E-state index contributed by atoms with van der Waals surface area (Å²) in [4.78, 5) is 0. The number of aliphatic hydroxyl groups is 3. The molecular formula is C23H36F4O11. The summed E-state index contributed by atoms with van der Waals surface area (Å²) in [6, 6.07) is 6.39. The van der Waals surface area contributed by atoms with Crippen LogP contribution in [0.5, 0.6) is 11.5 Å². The van der Waals surface area contributed by atoms with Gasteiger partial charge < -0.3 is 48.5 Å². The van der Waals surface area contributed by atoms with Crippen LogP contribution in [0.3, 0.4) is 0 Å². The molecule has 1 aromatic carbocycles. The van der Waals surface area contributed by atoms with E-state index < -0.39 is 51.0 Å². The maximum atomic E-state index is 13.7. The molecule has 0 fully saturated rings. The first-order valence-corrected chi connectivity index (χ1v) is 11.7. The Morgan fingerprint density at radius 1 is 0.711 bits per heavy atom. The second-order valence-electron chi connectivity index (χ2n) is 7.79. The highest BCUT2D eigenvalue weighted by molar-refractivity contribution is 5.31. The van der Waals surface area contributed by atoms with Gasteiger partial charge in [-0.25, -0.2) is 0 Å². The lowest BCUT2D eigenvalue weighted by Crippen LogP contribution is -2.40. The molecule has 38 heavy (non-hydrogen) atoms. The van der Waals surface area contributed by atoms with E-state index in [0.29, 0.717) is 24.5 Å². The predicted octanol–water partition coefficient (Wildman–Crippen LogP) is 1.42. The topological polar surface area (TPSA) is 135 Å². The Balaban J connectivity index is 2.10. The fraction of sp³-hybridized carbons (Fsp3) is 0.739. The van der Waals surface area contributed by atoms with Crippen molar-refractivity contribution in [3.8, 4) is 11.5 Å². The van der Waals surface area contributed by atoms with Gasteiger partial charge in [0.2, 0.25) is 0 Å². The highest BCUT2D eigenvalue weighted by Crippen LogP contribution is 2.27. The fourth-order valence-electron chi connectivity index (χ4n) is 2.55. The number of ether oxygens (including phenoxy) is 8. The molecule has 2 unspecified atom stereocenters. The van der Waals surface area contributed by atoms with Crippen LogP contribution in [0, 0.1) is 0 Å². The second-order valence-corrected chi connectivity index (χ2v) is 7.79. The van der Waals surface area contributed by atoms with Crippen molar-refractivity contribution in [2.75, 3.05) is 80.0 Å². The van der Waals surface area contributed by atoms with Gasteiger partial charge in [-0.05, 0) is 30.7 Å². The van der Waals surface area contributed by atoms with E-state index in [1.54, 1.807) is 24.3 Å². The normalized spacial score (nSPS) is 13.9. The minimum absolute atomic E-state index is 0.0103. The Kier molecular flexibility index (Phi) is 17.3. The van der Waals surface area contributed by atoms with E-state index in [4.69, 9.17) is 28.8 Å². The molecule has 3 N–H and O–H groups in total. The number of rotatable bonds is 24. The molecule has 11 nitrogen and oxygen atoms in total. The monoisotopic (exact) mass is 564 g/mol. The van der Waals surface area contributed by atoms with Gasteiger partial charge in [-0.3, -0.25) is 4.74 Å². The van der Waals surface area contributed by atoms with Gasteiger partial charge in [0.1, 0.15) is 50.3 Å². The van der Waals surface area contributed by atoms with Gasteiger partial charge in [-0.1, -0.05) is 0 Å². The number of hydrogen-bond acceptors (Lipinski definition) is 11. The van der Waals surface area contributed by atoms with E-state index >= 15 is 0 Å². The van der Waals surface area contributed by atoms with Gasteiger partial charge >= 0.3 is 12.2 Å². The third-order valence-corrected chi connectivity index (χ3v) is 4.26. The number of methoxy groups -OCH3 is 1. The van der Waals surface area contributed by atoms with Crippen LogP contribution in [0.15, 0.2) is 24.3 Å². The standard InChI is InChI=1S/C23H36F4O11/c1-31-20-3-5-21(6-4-20)37-14-19(30)13-35-15-22(24,25)38-23(26,27)16-36-17-34-10-9-33-12-18(29)11-32-8-2-7-28/h3-6,18-19,28-30H,2,7-17H2,1H3. The Morgan fingerprint density at radius 3 is 1.87 bits per heavy atom. The van der Waals surface area contributed by atoms with Crippen molar-refractivity contribution in [3.63, 3.8) is 0 Å². The summed E-state index contributed by atoms with van der Waals surface area (Å²) in [5.41, 5.74) is 0. The molecule has 0 aliphatic carbocycles. The summed E-state index contributed by atoms with van der Waals surface area (Å²) in [7, 11) is 1.49. The molecule has 0 spiro atoms. The third kappa shape index (κ3) is 17.6. The van der Waals surface area contributed by atoms with E-state index in [0.717, 1.165) is 0 Å². The lowest BCUT2D eigenvalue weighted by atomic mass is 10.3. The highest BCUT2D eigenvalue weighted by Gasteiger charge is 2.44. The van der Waals surface area contributed by atoms with Crippen molar-refractivity contribution in [1.29, 1.82) is 0 Å². The van der Waals surface area contributed by atoms with Gasteiger partial charge in [-0.15, -0.1) is 0 Å². The van der Waals surface area contributed by atoms with E-state index in [1.165, 1.54) is 7.11 Å². The van der Waals surface area contributed by atoms with Crippen LogP contribution in [0.1, 0.15) is 6.42 Å². The van der Waals surface area contributed by atoms with Crippen LogP contribution in [-0.2, 0) is 28.4 Å². The van der Waals surface area contributed by atoms with Crippen LogP contribution in [0.4, 0.5) is 17.6 Å². The van der Waals surface area contributed by atoms with Crippen LogP contribution < -0.4 is 9.47 Å². The minimum atomic E-state index is -4.36. The van der Waals surface area contributed by atoms with Crippen LogP contribution in [-0.4, -0.2) is 120 Å². The number of alkyl halides is 4. The van der Waals surface area contributed by atoms with Crippen molar-refractivity contribution in [3.05, 3.63) is 24.3 Å². The van der Waals surface area contributed by atoms with Crippen LogP contribution in [0.25, 0.3) is 0 Å². The summed E-state index contributed by atoms with van der Waals surface area (Å²) in [6.45, 7) is -4.39. The molecule has 0 bridgehead atoms. The average Bonchev–Trinajstić information content (AvgIpc) is 2.86. The molecule has 222 valence electrons. The average molecular weight is 565 g/mol. The lowest BCUT2D eigenvalue weighted by molar-refractivity contribution is -0.396. The molecule has 1 rings (SSSR count). The molecule has 0 saturated carbocycles. The Hall–Kier alpha value is -1.82. The maximum absolute atomic E-state index is 13.7. The van der Waals surface area contributed by atoms with Gasteiger partial charge in [-0.2, -0.15) is 17.6 Å². The van der Waals surface area contributed by atoms with Crippen molar-refractivity contribution < 1.29 is 70.8 Å². The molecule has 15 heteroatoms. The molecule has 2 atom stereocenters. The van der Waals surface area contributed by atoms with Gasteiger partial charge in [0.15, 0.2) is 0 Å². The summed E-state index contributed by atoms with van der Waals surface area (Å²) < 4.78 is 92.5. The minimum Gasteiger partial charge on any atom is -0.497 e. The first-order chi connectivity index (χ1) is 18.1. The fourth-order valence-corrected chi connectivity index (χ4v) is 2.55. The van der Waals surface area contributed by atoms with E-state index in [9.17, 15) is 27.8 Å². The number of halogens is 4. The Bertz CT molecular complexity index is 713. The molecule has 0 radical (unpaired) electrons. The summed E-state index contributed by atoms with van der Waals surface area (Å²) >= 11 is 0. The Labute approximate surface area is 218 Å². The van der Waals surface area contributed by atoms with Gasteiger partial charge in [0.25, 0.3) is 0 Å². The first kappa shape index (κ1) is 34.2. The molecule has 0 aliphatic rings.